The van der Waals surface area contributed by atoms with Gasteiger partial charge in [-0.1, -0.05) is 6.92 Å². The van der Waals surface area contributed by atoms with Gasteiger partial charge in [0.25, 0.3) is 0 Å². The lowest BCUT2D eigenvalue weighted by Gasteiger charge is -2.05. The van der Waals surface area contributed by atoms with Gasteiger partial charge in [0.2, 0.25) is 0 Å². The first-order chi connectivity index (χ1) is 7.56. The standard InChI is InChI=1S/C10H18BrN3OS/c1-4-16(15)6-5-12-7-9-10(11)8(2)13-14(9)3/h12H,4-7H2,1-3H3. The lowest BCUT2D eigenvalue weighted by molar-refractivity contribution is 0.635. The molecule has 16 heavy (non-hydrogen) atoms. The average Bonchev–Trinajstić information content (AvgIpc) is 2.49. The molecule has 1 heterocycles. The third kappa shape index (κ3) is 3.68. The molecule has 1 N–H and O–H groups in total. The second-order valence-electron chi connectivity index (χ2n) is 3.58. The summed E-state index contributed by atoms with van der Waals surface area (Å²) in [6.45, 7) is 5.44. The summed E-state index contributed by atoms with van der Waals surface area (Å²) in [5.74, 6) is 1.45. The number of hydrogen-bond acceptors (Lipinski definition) is 3. The molecule has 0 spiro atoms. The van der Waals surface area contributed by atoms with Crippen molar-refractivity contribution < 1.29 is 4.21 Å². The maximum atomic E-state index is 11.2. The molecule has 0 amide bonds. The lowest BCUT2D eigenvalue weighted by Crippen LogP contribution is -2.22. The van der Waals surface area contributed by atoms with Gasteiger partial charge in [-0.2, -0.15) is 5.10 Å². The van der Waals surface area contributed by atoms with Crippen LogP contribution >= 0.6 is 15.9 Å². The fourth-order valence-electron chi connectivity index (χ4n) is 1.41. The third-order valence-electron chi connectivity index (χ3n) is 2.38. The van der Waals surface area contributed by atoms with Crippen LogP contribution in [0.25, 0.3) is 0 Å². The van der Waals surface area contributed by atoms with Crippen LogP contribution in [0.1, 0.15) is 18.3 Å². The van der Waals surface area contributed by atoms with Gasteiger partial charge in [-0.05, 0) is 22.9 Å². The van der Waals surface area contributed by atoms with Gasteiger partial charge in [0.1, 0.15) is 0 Å². The van der Waals surface area contributed by atoms with Crippen LogP contribution in [-0.2, 0) is 24.4 Å². The van der Waals surface area contributed by atoms with Gasteiger partial charge in [-0.15, -0.1) is 0 Å². The van der Waals surface area contributed by atoms with Crippen LogP contribution in [0.15, 0.2) is 4.47 Å². The van der Waals surface area contributed by atoms with Crippen LogP contribution in [0.3, 0.4) is 0 Å². The summed E-state index contributed by atoms with van der Waals surface area (Å²) in [5, 5.41) is 7.59. The van der Waals surface area contributed by atoms with Crippen molar-refractivity contribution in [2.45, 2.75) is 20.4 Å². The minimum absolute atomic E-state index is 0.687. The van der Waals surface area contributed by atoms with E-state index in [1.807, 2.05) is 25.6 Å². The molecule has 1 aromatic heterocycles. The molecule has 92 valence electrons. The van der Waals surface area contributed by atoms with E-state index in [9.17, 15) is 4.21 Å². The Morgan fingerprint density at radius 1 is 1.56 bits per heavy atom. The molecule has 1 unspecified atom stereocenters. The number of halogens is 1. The summed E-state index contributed by atoms with van der Waals surface area (Å²) < 4.78 is 14.1. The molecule has 4 nitrogen and oxygen atoms in total. The summed E-state index contributed by atoms with van der Waals surface area (Å²) in [6, 6.07) is 0. The number of rotatable bonds is 6. The summed E-state index contributed by atoms with van der Waals surface area (Å²) in [6.07, 6.45) is 0. The molecular formula is C10H18BrN3OS. The van der Waals surface area contributed by atoms with Crippen molar-refractivity contribution in [3.8, 4) is 0 Å². The van der Waals surface area contributed by atoms with E-state index in [0.717, 1.165) is 34.7 Å². The fourth-order valence-corrected chi connectivity index (χ4v) is 2.55. The minimum atomic E-state index is -0.687. The summed E-state index contributed by atoms with van der Waals surface area (Å²) in [5.41, 5.74) is 2.12. The predicted octanol–water partition coefficient (Wildman–Crippen LogP) is 1.35. The molecule has 6 heteroatoms. The molecule has 0 radical (unpaired) electrons. The highest BCUT2D eigenvalue weighted by Crippen LogP contribution is 2.19. The number of aryl methyl sites for hydroxylation is 2. The second-order valence-corrected chi connectivity index (χ2v) is 6.24. The Hall–Kier alpha value is -0.200. The average molecular weight is 308 g/mol. The van der Waals surface area contributed by atoms with Crippen molar-refractivity contribution >= 4 is 26.7 Å². The first kappa shape index (κ1) is 13.9. The smallest absolute Gasteiger partial charge is 0.0739 e. The van der Waals surface area contributed by atoms with E-state index in [-0.39, 0.29) is 0 Å². The number of aromatic nitrogens is 2. The van der Waals surface area contributed by atoms with Crippen molar-refractivity contribution in [2.24, 2.45) is 7.05 Å². The molecule has 0 aliphatic rings. The highest BCUT2D eigenvalue weighted by molar-refractivity contribution is 9.10. The van der Waals surface area contributed by atoms with Gasteiger partial charge >= 0.3 is 0 Å². The zero-order valence-corrected chi connectivity index (χ0v) is 12.3. The lowest BCUT2D eigenvalue weighted by atomic mass is 10.3. The Balaban J connectivity index is 2.40. The van der Waals surface area contributed by atoms with E-state index >= 15 is 0 Å². The van der Waals surface area contributed by atoms with Crippen LogP contribution in [0, 0.1) is 6.92 Å². The summed E-state index contributed by atoms with van der Waals surface area (Å²) in [4.78, 5) is 0. The van der Waals surface area contributed by atoms with Gasteiger partial charge in [0, 0.05) is 42.4 Å². The predicted molar refractivity (Wildman–Crippen MR) is 70.9 cm³/mol. The third-order valence-corrected chi connectivity index (χ3v) is 4.72. The molecule has 0 aromatic carbocycles. The number of nitrogens with zero attached hydrogens (tertiary/aromatic N) is 2. The maximum Gasteiger partial charge on any atom is 0.0739 e. The normalized spacial score (nSPS) is 13.0. The number of hydrogen-bond donors (Lipinski definition) is 1. The molecule has 0 aliphatic heterocycles. The first-order valence-corrected chi connectivity index (χ1v) is 7.58. The van der Waals surface area contributed by atoms with E-state index in [1.54, 1.807) is 0 Å². The van der Waals surface area contributed by atoms with E-state index in [2.05, 4.69) is 26.3 Å². The number of nitrogens with one attached hydrogen (secondary N) is 1. The Bertz CT molecular complexity index is 378. The van der Waals surface area contributed by atoms with Crippen LogP contribution in [0.2, 0.25) is 0 Å². The minimum Gasteiger partial charge on any atom is -0.310 e. The van der Waals surface area contributed by atoms with Gasteiger partial charge in [0.15, 0.2) is 0 Å². The first-order valence-electron chi connectivity index (χ1n) is 5.30. The Morgan fingerprint density at radius 2 is 2.25 bits per heavy atom. The van der Waals surface area contributed by atoms with Crippen LogP contribution < -0.4 is 5.32 Å². The van der Waals surface area contributed by atoms with Crippen LogP contribution in [0.5, 0.6) is 0 Å². The topological polar surface area (TPSA) is 46.9 Å². The molecular weight excluding hydrogens is 290 g/mol. The Labute approximate surface area is 107 Å². The van der Waals surface area contributed by atoms with Crippen molar-refractivity contribution in [2.75, 3.05) is 18.1 Å². The molecule has 1 atom stereocenters. The summed E-state index contributed by atoms with van der Waals surface area (Å²) >= 11 is 3.51. The Kier molecular flexibility index (Phi) is 5.64. The van der Waals surface area contributed by atoms with Crippen LogP contribution in [0.4, 0.5) is 0 Å². The molecule has 1 rings (SSSR count). The molecule has 0 saturated heterocycles. The Morgan fingerprint density at radius 3 is 2.75 bits per heavy atom. The molecule has 0 fully saturated rings. The zero-order chi connectivity index (χ0) is 12.1. The van der Waals surface area contributed by atoms with E-state index in [4.69, 9.17) is 0 Å². The fraction of sp³-hybridized carbons (Fsp3) is 0.700. The molecule has 0 bridgehead atoms. The summed E-state index contributed by atoms with van der Waals surface area (Å²) in [7, 11) is 1.24. The van der Waals surface area contributed by atoms with Gasteiger partial charge < -0.3 is 5.32 Å². The van der Waals surface area contributed by atoms with E-state index in [1.165, 1.54) is 0 Å². The van der Waals surface area contributed by atoms with E-state index < -0.39 is 10.8 Å². The van der Waals surface area contributed by atoms with Crippen molar-refractivity contribution in [1.82, 2.24) is 15.1 Å². The van der Waals surface area contributed by atoms with Crippen LogP contribution in [-0.4, -0.2) is 32.0 Å². The van der Waals surface area contributed by atoms with Gasteiger partial charge in [0.05, 0.1) is 15.9 Å². The molecule has 0 aliphatic carbocycles. The molecule has 0 saturated carbocycles. The maximum absolute atomic E-state index is 11.2. The zero-order valence-electron chi connectivity index (χ0n) is 9.92. The quantitative estimate of drug-likeness (QED) is 0.807. The largest absolute Gasteiger partial charge is 0.310 e. The monoisotopic (exact) mass is 307 g/mol. The van der Waals surface area contributed by atoms with E-state index in [0.29, 0.717) is 5.75 Å². The van der Waals surface area contributed by atoms with Crippen molar-refractivity contribution in [1.29, 1.82) is 0 Å². The SMILES string of the molecule is CCS(=O)CCNCc1c(Br)c(C)nn1C. The van der Waals surface area contributed by atoms with Gasteiger partial charge in [-0.3, -0.25) is 8.89 Å². The second kappa shape index (κ2) is 6.51. The van der Waals surface area contributed by atoms with Crippen molar-refractivity contribution in [3.05, 3.63) is 15.9 Å². The highest BCUT2D eigenvalue weighted by Gasteiger charge is 2.09. The van der Waals surface area contributed by atoms with Gasteiger partial charge in [-0.25, -0.2) is 0 Å². The highest BCUT2D eigenvalue weighted by atomic mass is 79.9. The molecule has 1 aromatic rings. The van der Waals surface area contributed by atoms with Crippen molar-refractivity contribution in [3.63, 3.8) is 0 Å².